The van der Waals surface area contributed by atoms with Crippen LogP contribution in [0.25, 0.3) is 11.3 Å². The van der Waals surface area contributed by atoms with Gasteiger partial charge in [0.25, 0.3) is 0 Å². The van der Waals surface area contributed by atoms with Gasteiger partial charge in [0.2, 0.25) is 4.77 Å². The van der Waals surface area contributed by atoms with Gasteiger partial charge in [-0.05, 0) is 58.5 Å². The third-order valence-electron chi connectivity index (χ3n) is 2.83. The fourth-order valence-corrected chi connectivity index (χ4v) is 3.24. The van der Waals surface area contributed by atoms with Crippen molar-refractivity contribution in [3.05, 3.63) is 56.1 Å². The number of H-pyrrole nitrogens is 1. The molecule has 8 heteroatoms. The summed E-state index contributed by atoms with van der Waals surface area (Å²) in [4.78, 5) is 0. The van der Waals surface area contributed by atoms with Gasteiger partial charge in [0, 0.05) is 14.5 Å². The zero-order valence-corrected chi connectivity index (χ0v) is 14.6. The molecule has 2 N–H and O–H groups in total. The highest BCUT2D eigenvalue weighted by molar-refractivity contribution is 9.11. The molecule has 108 valence electrons. The van der Waals surface area contributed by atoms with Crippen LogP contribution in [-0.2, 0) is 6.54 Å². The number of aromatic amines is 1. The number of nitrogens with one attached hydrogen (secondary N) is 2. The Morgan fingerprint density at radius 2 is 2.14 bits per heavy atom. The van der Waals surface area contributed by atoms with E-state index in [9.17, 15) is 0 Å². The Balaban J connectivity index is 1.77. The number of hydrogen-bond donors (Lipinski definition) is 2. The highest BCUT2D eigenvalue weighted by Gasteiger charge is 2.09. The second kappa shape index (κ2) is 6.17. The Labute approximate surface area is 142 Å². The normalized spacial score (nSPS) is 10.8. The third kappa shape index (κ3) is 3.28. The van der Waals surface area contributed by atoms with Crippen molar-refractivity contribution in [3.8, 4) is 11.3 Å². The zero-order chi connectivity index (χ0) is 14.8. The van der Waals surface area contributed by atoms with Crippen molar-refractivity contribution < 1.29 is 4.42 Å². The van der Waals surface area contributed by atoms with Gasteiger partial charge in [0.15, 0.2) is 0 Å². The lowest BCUT2D eigenvalue weighted by molar-refractivity contribution is 0.522. The molecule has 2 aromatic heterocycles. The van der Waals surface area contributed by atoms with Crippen molar-refractivity contribution in [2.75, 3.05) is 5.43 Å². The Bertz CT molecular complexity index is 823. The molecule has 0 saturated carbocycles. The average molecular weight is 430 g/mol. The summed E-state index contributed by atoms with van der Waals surface area (Å²) in [5.41, 5.74) is 4.11. The molecule has 0 atom stereocenters. The number of benzene rings is 1. The van der Waals surface area contributed by atoms with Crippen molar-refractivity contribution in [1.29, 1.82) is 0 Å². The number of nitrogens with zero attached hydrogens (tertiary/aromatic N) is 2. The summed E-state index contributed by atoms with van der Waals surface area (Å²) < 4.78 is 9.98. The molecule has 0 aliphatic rings. The quantitative estimate of drug-likeness (QED) is 0.600. The molecule has 0 radical (unpaired) electrons. The van der Waals surface area contributed by atoms with E-state index in [2.05, 4.69) is 47.5 Å². The van der Waals surface area contributed by atoms with Crippen LogP contribution in [0, 0.1) is 4.77 Å². The van der Waals surface area contributed by atoms with Gasteiger partial charge < -0.3 is 9.84 Å². The first kappa shape index (κ1) is 14.6. The fraction of sp³-hybridized carbons (Fsp3) is 0.0769. The summed E-state index contributed by atoms with van der Waals surface area (Å²) in [6.07, 6.45) is 1.58. The van der Waals surface area contributed by atoms with Gasteiger partial charge in [-0.3, -0.25) is 5.10 Å². The number of halogens is 2. The predicted octanol–water partition coefficient (Wildman–Crippen LogP) is 4.47. The lowest BCUT2D eigenvalue weighted by Crippen LogP contribution is -2.12. The molecular weight excluding hydrogens is 420 g/mol. The van der Waals surface area contributed by atoms with Gasteiger partial charge in [-0.1, -0.05) is 15.9 Å². The SMILES string of the molecule is S=c1[nH]ncn1NCc1ccc(-c2ccc(Br)cc2Br)o1. The van der Waals surface area contributed by atoms with Crippen LogP contribution in [0.3, 0.4) is 0 Å². The molecular formula is C13H10Br2N4OS. The molecule has 3 rings (SSSR count). The standard InChI is InChI=1S/C13H10Br2N4OS/c14-8-1-3-10(11(15)5-8)12-4-2-9(20-12)6-17-19-7-16-18-13(19)21/h1-5,7,17H,6H2,(H,18,21). The largest absolute Gasteiger partial charge is 0.459 e. The van der Waals surface area contributed by atoms with Crippen LogP contribution in [0.4, 0.5) is 0 Å². The number of hydrogen-bond acceptors (Lipinski definition) is 4. The second-order valence-electron chi connectivity index (χ2n) is 4.26. The summed E-state index contributed by atoms with van der Waals surface area (Å²) in [5, 5.41) is 6.51. The van der Waals surface area contributed by atoms with E-state index in [1.165, 1.54) is 0 Å². The van der Waals surface area contributed by atoms with Crippen molar-refractivity contribution in [2.24, 2.45) is 0 Å². The molecule has 1 aromatic carbocycles. The van der Waals surface area contributed by atoms with E-state index < -0.39 is 0 Å². The summed E-state index contributed by atoms with van der Waals surface area (Å²) in [5.74, 6) is 1.62. The second-order valence-corrected chi connectivity index (χ2v) is 6.41. The van der Waals surface area contributed by atoms with E-state index in [0.717, 1.165) is 26.0 Å². The lowest BCUT2D eigenvalue weighted by Gasteiger charge is -2.04. The van der Waals surface area contributed by atoms with E-state index in [-0.39, 0.29) is 0 Å². The van der Waals surface area contributed by atoms with E-state index in [1.54, 1.807) is 11.0 Å². The van der Waals surface area contributed by atoms with Gasteiger partial charge in [-0.25, -0.2) is 4.68 Å². The van der Waals surface area contributed by atoms with Crippen LogP contribution in [0.2, 0.25) is 0 Å². The molecule has 0 aliphatic heterocycles. The Hall–Kier alpha value is -1.38. The van der Waals surface area contributed by atoms with Crippen LogP contribution >= 0.6 is 44.1 Å². The Morgan fingerprint density at radius 1 is 1.29 bits per heavy atom. The van der Waals surface area contributed by atoms with E-state index in [0.29, 0.717) is 11.3 Å². The smallest absolute Gasteiger partial charge is 0.214 e. The van der Waals surface area contributed by atoms with Gasteiger partial charge >= 0.3 is 0 Å². The number of rotatable bonds is 4. The highest BCUT2D eigenvalue weighted by atomic mass is 79.9. The van der Waals surface area contributed by atoms with Crippen molar-refractivity contribution >= 4 is 44.1 Å². The van der Waals surface area contributed by atoms with Gasteiger partial charge in [-0.15, -0.1) is 0 Å². The van der Waals surface area contributed by atoms with Crippen molar-refractivity contribution in [2.45, 2.75) is 6.54 Å². The number of aromatic nitrogens is 3. The molecule has 0 amide bonds. The van der Waals surface area contributed by atoms with Crippen LogP contribution in [0.1, 0.15) is 5.76 Å². The Kier molecular flexibility index (Phi) is 4.27. The fourth-order valence-electron chi connectivity index (χ4n) is 1.83. The van der Waals surface area contributed by atoms with Crippen LogP contribution in [-0.4, -0.2) is 14.9 Å². The minimum atomic E-state index is 0.512. The zero-order valence-electron chi connectivity index (χ0n) is 10.6. The third-order valence-corrected chi connectivity index (χ3v) is 4.27. The molecule has 0 aliphatic carbocycles. The molecule has 3 aromatic rings. The van der Waals surface area contributed by atoms with Gasteiger partial charge in [-0.2, -0.15) is 5.10 Å². The van der Waals surface area contributed by atoms with Crippen LogP contribution < -0.4 is 5.43 Å². The van der Waals surface area contributed by atoms with E-state index >= 15 is 0 Å². The maximum atomic E-state index is 5.84. The van der Waals surface area contributed by atoms with E-state index in [4.69, 9.17) is 16.6 Å². The topological polar surface area (TPSA) is 58.8 Å². The first-order valence-corrected chi connectivity index (χ1v) is 8.03. The van der Waals surface area contributed by atoms with Crippen LogP contribution in [0.5, 0.6) is 0 Å². The maximum absolute atomic E-state index is 5.84. The summed E-state index contributed by atoms with van der Waals surface area (Å²) in [6, 6.07) is 9.84. The highest BCUT2D eigenvalue weighted by Crippen LogP contribution is 2.31. The minimum Gasteiger partial charge on any atom is -0.459 e. The molecule has 0 spiro atoms. The molecule has 0 fully saturated rings. The molecule has 2 heterocycles. The molecule has 5 nitrogen and oxygen atoms in total. The molecule has 0 bridgehead atoms. The first-order valence-electron chi connectivity index (χ1n) is 6.03. The van der Waals surface area contributed by atoms with Crippen LogP contribution in [0.15, 0.2) is 50.0 Å². The van der Waals surface area contributed by atoms with E-state index in [1.807, 2.05) is 30.3 Å². The molecule has 21 heavy (non-hydrogen) atoms. The first-order chi connectivity index (χ1) is 10.1. The maximum Gasteiger partial charge on any atom is 0.214 e. The van der Waals surface area contributed by atoms with Crippen molar-refractivity contribution in [1.82, 2.24) is 14.9 Å². The lowest BCUT2D eigenvalue weighted by atomic mass is 10.2. The monoisotopic (exact) mass is 428 g/mol. The predicted molar refractivity (Wildman–Crippen MR) is 90.0 cm³/mol. The molecule has 0 unspecified atom stereocenters. The summed E-state index contributed by atoms with van der Waals surface area (Å²) in [6.45, 7) is 0.516. The van der Waals surface area contributed by atoms with Gasteiger partial charge in [0.05, 0.1) is 6.54 Å². The minimum absolute atomic E-state index is 0.512. The molecule has 0 saturated heterocycles. The van der Waals surface area contributed by atoms with Gasteiger partial charge in [0.1, 0.15) is 17.8 Å². The Morgan fingerprint density at radius 3 is 2.86 bits per heavy atom. The summed E-state index contributed by atoms with van der Waals surface area (Å²) >= 11 is 12.0. The average Bonchev–Trinajstić information content (AvgIpc) is 3.05. The summed E-state index contributed by atoms with van der Waals surface area (Å²) in [7, 11) is 0. The number of furan rings is 1. The van der Waals surface area contributed by atoms with Crippen molar-refractivity contribution in [3.63, 3.8) is 0 Å².